The van der Waals surface area contributed by atoms with Crippen LogP contribution in [0.5, 0.6) is 0 Å². The molecule has 1 fully saturated rings. The van der Waals surface area contributed by atoms with Crippen LogP contribution in [0, 0.1) is 0 Å². The quantitative estimate of drug-likeness (QED) is 0.0195. The van der Waals surface area contributed by atoms with Crippen molar-refractivity contribution in [3.05, 3.63) is 48.6 Å². The Bertz CT molecular complexity index is 1650. The lowest BCUT2D eigenvalue weighted by Crippen LogP contribution is -2.60. The number of carbonyl (C=O) groups is 2. The topological polar surface area (TPSA) is 175 Å². The fraction of sp³-hybridized carbons (Fsp3) is 0.875. The van der Waals surface area contributed by atoms with E-state index in [0.29, 0.717) is 19.4 Å². The largest absolute Gasteiger partial charge is 0.466 e. The highest BCUT2D eigenvalue weighted by Crippen LogP contribution is 2.24. The van der Waals surface area contributed by atoms with E-state index in [-0.39, 0.29) is 18.5 Å². The van der Waals surface area contributed by atoms with Gasteiger partial charge >= 0.3 is 5.97 Å². The van der Waals surface area contributed by atoms with E-state index < -0.39 is 49.5 Å². The molecule has 0 saturated carbocycles. The van der Waals surface area contributed by atoms with E-state index in [0.717, 1.165) is 70.6 Å². The van der Waals surface area contributed by atoms with E-state index >= 15 is 0 Å². The van der Waals surface area contributed by atoms with Crippen LogP contribution in [0.2, 0.25) is 0 Å². The van der Waals surface area contributed by atoms with Gasteiger partial charge in [-0.1, -0.05) is 345 Å². The maximum atomic E-state index is 13.0. The predicted molar refractivity (Wildman–Crippen MR) is 384 cm³/mol. The zero-order valence-corrected chi connectivity index (χ0v) is 59.6. The normalized spacial score (nSPS) is 17.8. The number of esters is 1. The Morgan fingerprint density at radius 2 is 0.736 bits per heavy atom. The van der Waals surface area contributed by atoms with Crippen molar-refractivity contribution in [3.8, 4) is 0 Å². The van der Waals surface area contributed by atoms with Crippen molar-refractivity contribution in [1.82, 2.24) is 5.32 Å². The van der Waals surface area contributed by atoms with Crippen molar-refractivity contribution < 1.29 is 49.3 Å². The average molecular weight is 1290 g/mol. The van der Waals surface area contributed by atoms with Crippen LogP contribution in [0.3, 0.4) is 0 Å². The molecule has 1 heterocycles. The molecule has 0 spiro atoms. The minimum absolute atomic E-state index is 0.0184. The van der Waals surface area contributed by atoms with Crippen molar-refractivity contribution in [2.45, 2.75) is 429 Å². The van der Waals surface area contributed by atoms with E-state index in [1.54, 1.807) is 6.08 Å². The fourth-order valence-corrected chi connectivity index (χ4v) is 12.5. The van der Waals surface area contributed by atoms with Crippen LogP contribution >= 0.6 is 0 Å². The number of hydrogen-bond acceptors (Lipinski definition) is 10. The third kappa shape index (κ3) is 57.6. The molecule has 534 valence electrons. The Balaban J connectivity index is 1.88. The predicted octanol–water partition coefficient (Wildman–Crippen LogP) is 21.1. The van der Waals surface area contributed by atoms with Crippen LogP contribution in [0.25, 0.3) is 0 Å². The van der Waals surface area contributed by atoms with Crippen LogP contribution in [-0.2, 0) is 23.8 Å². The number of carbonyl (C=O) groups excluding carboxylic acids is 2. The molecule has 0 aliphatic carbocycles. The molecule has 11 heteroatoms. The third-order valence-corrected chi connectivity index (χ3v) is 18.6. The van der Waals surface area contributed by atoms with Gasteiger partial charge in [0.15, 0.2) is 6.29 Å². The molecule has 0 bridgehead atoms. The van der Waals surface area contributed by atoms with Gasteiger partial charge in [-0.2, -0.15) is 0 Å². The number of amides is 1. The molecule has 0 aromatic heterocycles. The van der Waals surface area contributed by atoms with Crippen LogP contribution < -0.4 is 5.32 Å². The summed E-state index contributed by atoms with van der Waals surface area (Å²) in [6.45, 7) is 4.29. The fourth-order valence-electron chi connectivity index (χ4n) is 12.5. The van der Waals surface area contributed by atoms with Gasteiger partial charge in [-0.3, -0.25) is 9.59 Å². The van der Waals surface area contributed by atoms with E-state index in [1.807, 2.05) is 6.08 Å². The number of nitrogens with one attached hydrogen (secondary N) is 1. The highest BCUT2D eigenvalue weighted by atomic mass is 16.7. The van der Waals surface area contributed by atoms with Crippen molar-refractivity contribution in [2.75, 3.05) is 19.8 Å². The lowest BCUT2D eigenvalue weighted by molar-refractivity contribution is -0.302. The minimum atomic E-state index is -1.58. The maximum absolute atomic E-state index is 13.0. The highest BCUT2D eigenvalue weighted by Gasteiger charge is 2.44. The van der Waals surface area contributed by atoms with Crippen molar-refractivity contribution in [3.63, 3.8) is 0 Å². The van der Waals surface area contributed by atoms with Gasteiger partial charge in [0.1, 0.15) is 24.4 Å². The van der Waals surface area contributed by atoms with Gasteiger partial charge in [-0.15, -0.1) is 0 Å². The first kappa shape index (κ1) is 86.6. The lowest BCUT2D eigenvalue weighted by atomic mass is 9.99. The van der Waals surface area contributed by atoms with Gasteiger partial charge in [0.25, 0.3) is 0 Å². The number of rotatable bonds is 70. The molecule has 7 atom stereocenters. The molecule has 0 aromatic carbocycles. The standard InChI is InChI=1S/C80H149NO10/c1-3-5-7-9-11-13-15-43-48-52-56-60-64-68-76(85)89-69-65-61-57-53-49-45-42-40-38-36-34-32-30-28-26-24-22-20-18-16-17-19-21-23-25-27-29-31-33-35-37-39-41-44-47-51-55-59-63-67-75(84)81-72(71-90-80-79(88)78(87)77(86)74(70-82)91-80)73(83)66-62-58-54-50-46-14-12-10-8-6-4-2/h8,10,16-17,46,50,62,66,72-74,77-80,82-83,86-88H,3-7,9,11-15,18-45,47-49,51-61,63-65,67-71H2,1-2H3,(H,81,84)/b10-8+,17-16-,50-46+,66-62+. The first-order valence-corrected chi connectivity index (χ1v) is 39.4. The Kier molecular flexibility index (Phi) is 65.7. The van der Waals surface area contributed by atoms with Gasteiger partial charge in [-0.05, 0) is 77.0 Å². The molecule has 1 saturated heterocycles. The molecule has 91 heavy (non-hydrogen) atoms. The Labute approximate surface area is 561 Å². The van der Waals surface area contributed by atoms with E-state index in [1.165, 1.54) is 289 Å². The third-order valence-electron chi connectivity index (χ3n) is 18.6. The highest BCUT2D eigenvalue weighted by molar-refractivity contribution is 5.76. The molecular weight excluding hydrogens is 1130 g/mol. The number of allylic oxidation sites excluding steroid dienone is 7. The van der Waals surface area contributed by atoms with Crippen LogP contribution in [-0.4, -0.2) is 100 Å². The van der Waals surface area contributed by atoms with Gasteiger partial charge in [0.05, 0.1) is 32.0 Å². The zero-order valence-electron chi connectivity index (χ0n) is 59.6. The zero-order chi connectivity index (χ0) is 65.8. The Morgan fingerprint density at radius 1 is 0.396 bits per heavy atom. The van der Waals surface area contributed by atoms with Crippen LogP contribution in [0.1, 0.15) is 386 Å². The number of ether oxygens (including phenoxy) is 3. The molecule has 1 amide bonds. The first-order chi connectivity index (χ1) is 44.7. The monoisotopic (exact) mass is 1280 g/mol. The molecule has 1 rings (SSSR count). The van der Waals surface area contributed by atoms with Crippen molar-refractivity contribution in [2.24, 2.45) is 0 Å². The molecular formula is C80H149NO10. The summed E-state index contributed by atoms with van der Waals surface area (Å²) in [5, 5.41) is 54.4. The minimum Gasteiger partial charge on any atom is -0.466 e. The molecule has 1 aliphatic rings. The summed E-state index contributed by atoms with van der Waals surface area (Å²) in [7, 11) is 0. The second-order valence-corrected chi connectivity index (χ2v) is 27.4. The summed E-state index contributed by atoms with van der Waals surface area (Å²) in [4.78, 5) is 25.1. The van der Waals surface area contributed by atoms with E-state index in [2.05, 4.69) is 55.6 Å². The number of aliphatic hydroxyl groups excluding tert-OH is 5. The second kappa shape index (κ2) is 69.0. The van der Waals surface area contributed by atoms with Crippen LogP contribution in [0.4, 0.5) is 0 Å². The molecule has 1 aliphatic heterocycles. The summed E-state index contributed by atoms with van der Waals surface area (Å²) in [5.74, 6) is -0.174. The van der Waals surface area contributed by atoms with Gasteiger partial charge < -0.3 is 45.1 Å². The maximum Gasteiger partial charge on any atom is 0.305 e. The average Bonchev–Trinajstić information content (AvgIpc) is 1.12. The van der Waals surface area contributed by atoms with Gasteiger partial charge in [-0.25, -0.2) is 0 Å². The molecule has 0 radical (unpaired) electrons. The summed E-state index contributed by atoms with van der Waals surface area (Å²) in [6, 6.07) is -0.831. The number of hydrogen-bond donors (Lipinski definition) is 6. The molecule has 6 N–H and O–H groups in total. The SMILES string of the molecule is CCC/C=C/CC/C=C/CC/C=C/C(O)C(COC1OC(CO)C(O)C(O)C1O)NC(=O)CCCCCCCCCCCCCCCCCCC/C=C\CCCCCCCCCCCCCCCCCCCCOC(=O)CCCCCCCCCCCCCCC. The van der Waals surface area contributed by atoms with Crippen molar-refractivity contribution >= 4 is 11.9 Å². The summed E-state index contributed by atoms with van der Waals surface area (Å²) >= 11 is 0. The second-order valence-electron chi connectivity index (χ2n) is 27.4. The summed E-state index contributed by atoms with van der Waals surface area (Å²) < 4.78 is 16.7. The summed E-state index contributed by atoms with van der Waals surface area (Å²) in [6.07, 6.45) is 81.6. The lowest BCUT2D eigenvalue weighted by Gasteiger charge is -2.40. The molecule has 11 nitrogen and oxygen atoms in total. The number of unbranched alkanes of at least 4 members (excludes halogenated alkanes) is 50. The van der Waals surface area contributed by atoms with Gasteiger partial charge in [0.2, 0.25) is 5.91 Å². The molecule has 0 aromatic rings. The first-order valence-electron chi connectivity index (χ1n) is 39.4. The number of aliphatic hydroxyl groups is 5. The summed E-state index contributed by atoms with van der Waals surface area (Å²) in [5.41, 5.74) is 0. The Morgan fingerprint density at radius 3 is 1.13 bits per heavy atom. The van der Waals surface area contributed by atoms with Crippen molar-refractivity contribution in [1.29, 1.82) is 0 Å². The van der Waals surface area contributed by atoms with E-state index in [4.69, 9.17) is 14.2 Å². The smallest absolute Gasteiger partial charge is 0.305 e. The van der Waals surface area contributed by atoms with E-state index in [9.17, 15) is 35.1 Å². The van der Waals surface area contributed by atoms with Crippen LogP contribution in [0.15, 0.2) is 48.6 Å². The molecule has 7 unspecified atom stereocenters. The Hall–Kier alpha value is -2.38. The van der Waals surface area contributed by atoms with Gasteiger partial charge in [0, 0.05) is 12.8 Å².